The molecule has 0 unspecified atom stereocenters. The van der Waals surface area contributed by atoms with Crippen LogP contribution in [0.4, 0.5) is 0 Å². The fraction of sp³-hybridized carbons (Fsp3) is 0.0500. The lowest BCUT2D eigenvalue weighted by molar-refractivity contribution is 0.406. The van der Waals surface area contributed by atoms with E-state index in [1.165, 1.54) is 30.1 Å². The molecular formula is C20H16N4O4S. The summed E-state index contributed by atoms with van der Waals surface area (Å²) in [6, 6.07) is 18.6. The van der Waals surface area contributed by atoms with Gasteiger partial charge in [0.05, 0.1) is 35.8 Å². The number of methoxy groups -OCH3 is 1. The minimum Gasteiger partial charge on any atom is -0.491 e. The van der Waals surface area contributed by atoms with Gasteiger partial charge < -0.3 is 4.74 Å². The molecule has 0 aliphatic heterocycles. The second-order valence-corrected chi connectivity index (χ2v) is 7.83. The minimum atomic E-state index is -4.02. The van der Waals surface area contributed by atoms with Gasteiger partial charge in [-0.1, -0.05) is 36.4 Å². The van der Waals surface area contributed by atoms with Crippen LogP contribution in [-0.2, 0) is 10.0 Å². The predicted octanol–water partition coefficient (Wildman–Crippen LogP) is 2.34. The Bertz CT molecular complexity index is 1310. The summed E-state index contributed by atoms with van der Waals surface area (Å²) >= 11 is 0. The Kier molecular flexibility index (Phi) is 4.73. The molecule has 0 atom stereocenters. The van der Waals surface area contributed by atoms with E-state index >= 15 is 0 Å². The summed E-state index contributed by atoms with van der Waals surface area (Å²) in [5.41, 5.74) is 0.418. The van der Waals surface area contributed by atoms with Gasteiger partial charge in [-0.05, 0) is 30.3 Å². The first-order chi connectivity index (χ1) is 14.0. The first-order valence-electron chi connectivity index (χ1n) is 8.61. The molecule has 0 aliphatic carbocycles. The molecule has 0 fully saturated rings. The van der Waals surface area contributed by atoms with Crippen molar-refractivity contribution in [2.75, 3.05) is 7.11 Å². The van der Waals surface area contributed by atoms with Crippen LogP contribution < -0.4 is 10.2 Å². The number of hydrogen-bond donors (Lipinski definition) is 0. The van der Waals surface area contributed by atoms with Gasteiger partial charge in [0, 0.05) is 0 Å². The number of benzene rings is 2. The number of nitrogens with zero attached hydrogens (tertiary/aromatic N) is 4. The first-order valence-corrected chi connectivity index (χ1v) is 10.0. The third kappa shape index (κ3) is 3.32. The maximum Gasteiger partial charge on any atom is 0.283 e. The first kappa shape index (κ1) is 18.6. The predicted molar refractivity (Wildman–Crippen MR) is 107 cm³/mol. The van der Waals surface area contributed by atoms with Crippen LogP contribution in [-0.4, -0.2) is 34.5 Å². The van der Waals surface area contributed by atoms with E-state index in [0.29, 0.717) is 11.4 Å². The third-order valence-corrected chi connectivity index (χ3v) is 5.81. The Balaban J connectivity index is 1.95. The maximum atomic E-state index is 13.0. The molecule has 0 spiro atoms. The summed E-state index contributed by atoms with van der Waals surface area (Å²) < 4.78 is 33.4. The lowest BCUT2D eigenvalue weighted by Crippen LogP contribution is -2.23. The SMILES string of the molecule is COc1cn(S(=O)(=O)c2ccccc2)nc(-c2ccnn2-c2ccccc2)c1=O. The number of rotatable bonds is 5. The smallest absolute Gasteiger partial charge is 0.283 e. The zero-order valence-electron chi connectivity index (χ0n) is 15.3. The fourth-order valence-corrected chi connectivity index (χ4v) is 3.98. The Morgan fingerprint density at radius 3 is 2.24 bits per heavy atom. The van der Waals surface area contributed by atoms with Crippen molar-refractivity contribution in [2.45, 2.75) is 4.90 Å². The zero-order chi connectivity index (χ0) is 20.4. The van der Waals surface area contributed by atoms with E-state index in [9.17, 15) is 13.2 Å². The minimum absolute atomic E-state index is 0.0423. The van der Waals surface area contributed by atoms with Crippen LogP contribution in [0.3, 0.4) is 0 Å². The van der Waals surface area contributed by atoms with Gasteiger partial charge in [-0.3, -0.25) is 4.79 Å². The topological polar surface area (TPSA) is 96.1 Å². The Morgan fingerprint density at radius 2 is 1.59 bits per heavy atom. The number of aromatic nitrogens is 4. The average molecular weight is 408 g/mol. The van der Waals surface area contributed by atoms with E-state index in [-0.39, 0.29) is 16.3 Å². The summed E-state index contributed by atoms with van der Waals surface area (Å²) in [6.07, 6.45) is 2.58. The lowest BCUT2D eigenvalue weighted by Gasteiger charge is -2.12. The molecule has 0 amide bonds. The highest BCUT2D eigenvalue weighted by Gasteiger charge is 2.23. The highest BCUT2D eigenvalue weighted by molar-refractivity contribution is 7.89. The molecule has 0 saturated carbocycles. The highest BCUT2D eigenvalue weighted by atomic mass is 32.2. The van der Waals surface area contributed by atoms with E-state index in [4.69, 9.17) is 4.74 Å². The standard InChI is InChI=1S/C20H16N4O4S/c1-28-18-14-23(29(26,27)16-10-6-3-7-11-16)22-19(20(18)25)17-12-13-21-24(17)15-8-4-2-5-9-15/h2-14H,1H3. The fourth-order valence-electron chi connectivity index (χ4n) is 2.84. The molecule has 9 heteroatoms. The van der Waals surface area contributed by atoms with Crippen molar-refractivity contribution in [1.82, 2.24) is 19.0 Å². The second kappa shape index (κ2) is 7.36. The summed E-state index contributed by atoms with van der Waals surface area (Å²) in [4.78, 5) is 12.9. The summed E-state index contributed by atoms with van der Waals surface area (Å²) in [5.74, 6) is -0.143. The molecule has 8 nitrogen and oxygen atoms in total. The van der Waals surface area contributed by atoms with Gasteiger partial charge in [0.2, 0.25) is 0 Å². The van der Waals surface area contributed by atoms with Gasteiger partial charge >= 0.3 is 0 Å². The molecule has 29 heavy (non-hydrogen) atoms. The Morgan fingerprint density at radius 1 is 0.931 bits per heavy atom. The Hall–Kier alpha value is -3.72. The van der Waals surface area contributed by atoms with Crippen molar-refractivity contribution >= 4 is 10.0 Å². The maximum absolute atomic E-state index is 13.0. The van der Waals surface area contributed by atoms with Crippen LogP contribution in [0.2, 0.25) is 0 Å². The quantitative estimate of drug-likeness (QED) is 0.503. The molecule has 2 aromatic heterocycles. The van der Waals surface area contributed by atoms with Crippen LogP contribution in [0.15, 0.2) is 88.8 Å². The molecule has 0 aliphatic rings. The van der Waals surface area contributed by atoms with Crippen molar-refractivity contribution < 1.29 is 13.2 Å². The average Bonchev–Trinajstić information content (AvgIpc) is 3.24. The zero-order valence-corrected chi connectivity index (χ0v) is 16.2. The molecule has 0 saturated heterocycles. The van der Waals surface area contributed by atoms with E-state index in [0.717, 1.165) is 10.3 Å². The van der Waals surface area contributed by atoms with Gasteiger partial charge in [0.25, 0.3) is 15.5 Å². The van der Waals surface area contributed by atoms with Crippen molar-refractivity contribution in [3.8, 4) is 22.8 Å². The van der Waals surface area contributed by atoms with E-state index in [1.54, 1.807) is 24.3 Å². The van der Waals surface area contributed by atoms with Crippen LogP contribution in [0.25, 0.3) is 17.1 Å². The molecular weight excluding hydrogens is 392 g/mol. The lowest BCUT2D eigenvalue weighted by atomic mass is 10.2. The highest BCUT2D eigenvalue weighted by Crippen LogP contribution is 2.21. The number of ether oxygens (including phenoxy) is 1. The van der Waals surface area contributed by atoms with Crippen molar-refractivity contribution in [3.05, 3.63) is 89.3 Å². The largest absolute Gasteiger partial charge is 0.491 e. The van der Waals surface area contributed by atoms with Crippen molar-refractivity contribution in [3.63, 3.8) is 0 Å². The summed E-state index contributed by atoms with van der Waals surface area (Å²) in [5, 5.41) is 8.38. The molecule has 4 rings (SSSR count). The van der Waals surface area contributed by atoms with Crippen LogP contribution in [0, 0.1) is 0 Å². The molecule has 0 N–H and O–H groups in total. The third-order valence-electron chi connectivity index (χ3n) is 4.26. The molecule has 4 aromatic rings. The van der Waals surface area contributed by atoms with Gasteiger partial charge in [-0.15, -0.1) is 0 Å². The van der Waals surface area contributed by atoms with Crippen LogP contribution in [0.5, 0.6) is 5.75 Å². The molecule has 0 bridgehead atoms. The van der Waals surface area contributed by atoms with Gasteiger partial charge in [-0.25, -0.2) is 4.68 Å². The monoisotopic (exact) mass is 408 g/mol. The molecule has 2 heterocycles. The van der Waals surface area contributed by atoms with E-state index in [2.05, 4.69) is 10.2 Å². The van der Waals surface area contributed by atoms with Crippen molar-refractivity contribution in [2.24, 2.45) is 0 Å². The number of hydrogen-bond acceptors (Lipinski definition) is 6. The summed E-state index contributed by atoms with van der Waals surface area (Å²) in [7, 11) is -2.72. The Labute approximate surface area is 166 Å². The number of para-hydroxylation sites is 1. The van der Waals surface area contributed by atoms with Gasteiger partial charge in [0.15, 0.2) is 11.4 Å². The van der Waals surface area contributed by atoms with Gasteiger partial charge in [0.1, 0.15) is 0 Å². The van der Waals surface area contributed by atoms with Crippen LogP contribution >= 0.6 is 0 Å². The van der Waals surface area contributed by atoms with Gasteiger partial charge in [-0.2, -0.15) is 22.7 Å². The van der Waals surface area contributed by atoms with E-state index in [1.807, 2.05) is 30.3 Å². The normalized spacial score (nSPS) is 11.3. The second-order valence-electron chi connectivity index (χ2n) is 6.03. The molecule has 2 aromatic carbocycles. The molecule has 0 radical (unpaired) electrons. The summed E-state index contributed by atoms with van der Waals surface area (Å²) in [6.45, 7) is 0. The molecule has 146 valence electrons. The van der Waals surface area contributed by atoms with E-state index < -0.39 is 15.5 Å². The van der Waals surface area contributed by atoms with Crippen molar-refractivity contribution in [1.29, 1.82) is 0 Å². The van der Waals surface area contributed by atoms with Crippen LogP contribution in [0.1, 0.15) is 0 Å².